The molecule has 0 saturated carbocycles. The molecule has 0 fully saturated rings. The fourth-order valence-corrected chi connectivity index (χ4v) is 2.77. The Balaban J connectivity index is 1.91. The number of rotatable bonds is 4. The lowest BCUT2D eigenvalue weighted by Crippen LogP contribution is -2.38. The number of carbonyl (C=O) groups is 1. The minimum Gasteiger partial charge on any atom is -0.334 e. The number of carbonyl (C=O) groups excluding carboxylic acids is 1. The number of nitrogens with zero attached hydrogens (tertiary/aromatic N) is 4. The van der Waals surface area contributed by atoms with Crippen molar-refractivity contribution in [2.45, 2.75) is 45.7 Å². The molecule has 21 heavy (non-hydrogen) atoms. The molecule has 2 heterocycles. The van der Waals surface area contributed by atoms with Gasteiger partial charge in [-0.2, -0.15) is 5.10 Å². The number of amides is 2. The average Bonchev–Trinajstić information content (AvgIpc) is 2.98. The summed E-state index contributed by atoms with van der Waals surface area (Å²) < 4.78 is 1.68. The van der Waals surface area contributed by atoms with Gasteiger partial charge in [0.15, 0.2) is 0 Å². The van der Waals surface area contributed by atoms with Crippen LogP contribution in [0.15, 0.2) is 18.2 Å². The van der Waals surface area contributed by atoms with Crippen molar-refractivity contribution in [2.24, 2.45) is 0 Å². The molecule has 0 aliphatic rings. The number of nitrogens with one attached hydrogen (secondary N) is 2. The van der Waals surface area contributed by atoms with Gasteiger partial charge in [0.2, 0.25) is 0 Å². The van der Waals surface area contributed by atoms with Crippen molar-refractivity contribution < 1.29 is 4.79 Å². The summed E-state index contributed by atoms with van der Waals surface area (Å²) in [5, 5.41) is 10.5. The highest BCUT2D eigenvalue weighted by Gasteiger charge is 2.22. The minimum atomic E-state index is -0.239. The van der Waals surface area contributed by atoms with Crippen molar-refractivity contribution >= 4 is 22.4 Å². The second-order valence-corrected chi connectivity index (χ2v) is 6.75. The molecule has 0 bridgehead atoms. The Morgan fingerprint density at radius 3 is 2.86 bits per heavy atom. The lowest BCUT2D eigenvalue weighted by atomic mass is 9.92. The lowest BCUT2D eigenvalue weighted by Gasteiger charge is -2.19. The summed E-state index contributed by atoms with van der Waals surface area (Å²) in [5.74, 6) is 0. The third kappa shape index (κ3) is 4.25. The second-order valence-electron chi connectivity index (χ2n) is 5.90. The monoisotopic (exact) mass is 308 g/mol. The molecular weight excluding hydrogens is 288 g/mol. The smallest absolute Gasteiger partial charge is 0.320 e. The van der Waals surface area contributed by atoms with E-state index in [9.17, 15) is 4.79 Å². The van der Waals surface area contributed by atoms with Gasteiger partial charge in [0.25, 0.3) is 0 Å². The Morgan fingerprint density at radius 2 is 2.24 bits per heavy atom. The van der Waals surface area contributed by atoms with Crippen molar-refractivity contribution in [3.63, 3.8) is 0 Å². The Kier molecular flexibility index (Phi) is 4.56. The van der Waals surface area contributed by atoms with Gasteiger partial charge in [-0.3, -0.25) is 10.00 Å². The average molecular weight is 308 g/mol. The van der Waals surface area contributed by atoms with E-state index in [0.717, 1.165) is 10.7 Å². The van der Waals surface area contributed by atoms with Gasteiger partial charge >= 0.3 is 6.03 Å². The van der Waals surface area contributed by atoms with Crippen LogP contribution in [0.2, 0.25) is 0 Å². The van der Waals surface area contributed by atoms with Crippen LogP contribution in [0.1, 0.15) is 33.4 Å². The summed E-state index contributed by atoms with van der Waals surface area (Å²) in [5.41, 5.74) is 2.54. The number of hydrogen-bond acceptors (Lipinski definition) is 5. The molecule has 2 rings (SSSR count). The van der Waals surface area contributed by atoms with Crippen molar-refractivity contribution in [1.29, 1.82) is 0 Å². The zero-order valence-corrected chi connectivity index (χ0v) is 13.4. The molecule has 0 aliphatic carbocycles. The van der Waals surface area contributed by atoms with Gasteiger partial charge in [-0.25, -0.2) is 14.8 Å². The van der Waals surface area contributed by atoms with E-state index in [1.54, 1.807) is 16.5 Å². The Bertz CT molecular complexity index is 586. The summed E-state index contributed by atoms with van der Waals surface area (Å²) in [7, 11) is 0. The van der Waals surface area contributed by atoms with E-state index in [-0.39, 0.29) is 17.5 Å². The van der Waals surface area contributed by atoms with Crippen molar-refractivity contribution in [3.05, 3.63) is 23.9 Å². The molecule has 0 spiro atoms. The molecule has 8 heteroatoms. The highest BCUT2D eigenvalue weighted by atomic mass is 32.1. The van der Waals surface area contributed by atoms with Crippen molar-refractivity contribution in [2.75, 3.05) is 5.32 Å². The SMILES string of the molecule is CC(Cn1cncn1)NC(=O)Nc1scnc1C(C)(C)C. The molecule has 2 aromatic rings. The largest absolute Gasteiger partial charge is 0.334 e. The molecule has 114 valence electrons. The molecule has 1 unspecified atom stereocenters. The fourth-order valence-electron chi connectivity index (χ4n) is 1.89. The van der Waals surface area contributed by atoms with Gasteiger partial charge in [-0.05, 0) is 6.92 Å². The van der Waals surface area contributed by atoms with Gasteiger partial charge in [0.05, 0.1) is 17.7 Å². The van der Waals surface area contributed by atoms with E-state index in [0.29, 0.717) is 6.54 Å². The maximum atomic E-state index is 12.0. The molecule has 0 aromatic carbocycles. The van der Waals surface area contributed by atoms with E-state index >= 15 is 0 Å². The van der Waals surface area contributed by atoms with Crippen LogP contribution in [-0.4, -0.2) is 31.8 Å². The Morgan fingerprint density at radius 1 is 1.48 bits per heavy atom. The predicted molar refractivity (Wildman–Crippen MR) is 82.5 cm³/mol. The number of anilines is 1. The Hall–Kier alpha value is -1.96. The molecule has 0 saturated heterocycles. The number of aromatic nitrogens is 4. The second kappa shape index (κ2) is 6.21. The molecule has 1 atom stereocenters. The van der Waals surface area contributed by atoms with Crippen LogP contribution in [0.25, 0.3) is 0 Å². The third-order valence-corrected chi connectivity index (χ3v) is 3.55. The summed E-state index contributed by atoms with van der Waals surface area (Å²) in [6.45, 7) is 8.69. The van der Waals surface area contributed by atoms with E-state index in [2.05, 4.69) is 46.5 Å². The summed E-state index contributed by atoms with van der Waals surface area (Å²) >= 11 is 1.43. The van der Waals surface area contributed by atoms with E-state index < -0.39 is 0 Å². The summed E-state index contributed by atoms with van der Waals surface area (Å²) in [6.07, 6.45) is 3.09. The van der Waals surface area contributed by atoms with Gasteiger partial charge in [-0.15, -0.1) is 11.3 Å². The van der Waals surface area contributed by atoms with Crippen LogP contribution >= 0.6 is 11.3 Å². The number of thiazole rings is 1. The van der Waals surface area contributed by atoms with Gasteiger partial charge in [0.1, 0.15) is 17.7 Å². The molecule has 0 aliphatic heterocycles. The van der Waals surface area contributed by atoms with Crippen LogP contribution < -0.4 is 10.6 Å². The summed E-state index contributed by atoms with van der Waals surface area (Å²) in [6, 6.07) is -0.296. The predicted octanol–water partition coefficient (Wildman–Crippen LogP) is 2.24. The molecule has 0 radical (unpaired) electrons. The maximum absolute atomic E-state index is 12.0. The zero-order valence-electron chi connectivity index (χ0n) is 12.6. The van der Waals surface area contributed by atoms with Gasteiger partial charge in [-0.1, -0.05) is 20.8 Å². The highest BCUT2D eigenvalue weighted by Crippen LogP contribution is 2.31. The van der Waals surface area contributed by atoms with Crippen molar-refractivity contribution in [1.82, 2.24) is 25.1 Å². The Labute approximate surface area is 127 Å². The highest BCUT2D eigenvalue weighted by molar-refractivity contribution is 7.14. The molecule has 7 nitrogen and oxygen atoms in total. The maximum Gasteiger partial charge on any atom is 0.320 e. The van der Waals surface area contributed by atoms with Crippen LogP contribution in [0.5, 0.6) is 0 Å². The first-order chi connectivity index (χ1) is 9.86. The number of hydrogen-bond donors (Lipinski definition) is 2. The molecule has 2 amide bonds. The minimum absolute atomic E-state index is 0.0577. The van der Waals surface area contributed by atoms with Crippen LogP contribution in [-0.2, 0) is 12.0 Å². The topological polar surface area (TPSA) is 84.7 Å². The van der Waals surface area contributed by atoms with E-state index in [4.69, 9.17) is 0 Å². The molecule has 2 N–H and O–H groups in total. The summed E-state index contributed by atoms with van der Waals surface area (Å²) in [4.78, 5) is 20.2. The number of urea groups is 1. The third-order valence-electron chi connectivity index (χ3n) is 2.81. The molecule has 2 aromatic heterocycles. The quantitative estimate of drug-likeness (QED) is 0.907. The van der Waals surface area contributed by atoms with Crippen LogP contribution in [0.4, 0.5) is 9.80 Å². The van der Waals surface area contributed by atoms with Crippen LogP contribution in [0, 0.1) is 0 Å². The first-order valence-corrected chi connectivity index (χ1v) is 7.58. The normalized spacial score (nSPS) is 13.0. The molecular formula is C13H20N6OS. The lowest BCUT2D eigenvalue weighted by molar-refractivity contribution is 0.247. The van der Waals surface area contributed by atoms with Crippen molar-refractivity contribution in [3.8, 4) is 0 Å². The van der Waals surface area contributed by atoms with Gasteiger partial charge in [0, 0.05) is 11.5 Å². The van der Waals surface area contributed by atoms with E-state index in [1.807, 2.05) is 6.92 Å². The zero-order chi connectivity index (χ0) is 15.5. The van der Waals surface area contributed by atoms with Gasteiger partial charge < -0.3 is 5.32 Å². The fraction of sp³-hybridized carbons (Fsp3) is 0.538. The first kappa shape index (κ1) is 15.4. The first-order valence-electron chi connectivity index (χ1n) is 6.70. The van der Waals surface area contributed by atoms with Crippen LogP contribution in [0.3, 0.4) is 0 Å². The standard InChI is InChI=1S/C13H20N6OS/c1-9(5-19-7-14-6-16-19)17-12(20)18-11-10(13(2,3)4)15-8-21-11/h6-9H,5H2,1-4H3,(H2,17,18,20). The van der Waals surface area contributed by atoms with E-state index in [1.165, 1.54) is 17.7 Å².